The molecule has 188 valence electrons. The lowest BCUT2D eigenvalue weighted by Gasteiger charge is -2.36. The maximum absolute atomic E-state index is 13.2. The van der Waals surface area contributed by atoms with Crippen molar-refractivity contribution in [3.05, 3.63) is 82.9 Å². The van der Waals surface area contributed by atoms with Crippen LogP contribution in [-0.2, 0) is 20.9 Å². The highest BCUT2D eigenvalue weighted by Crippen LogP contribution is 2.46. The summed E-state index contributed by atoms with van der Waals surface area (Å²) < 4.78 is 21.7. The summed E-state index contributed by atoms with van der Waals surface area (Å²) in [5, 5.41) is 5.40. The normalized spacial score (nSPS) is 16.6. The van der Waals surface area contributed by atoms with Crippen LogP contribution in [0.2, 0.25) is 0 Å². The number of amidine groups is 1. The van der Waals surface area contributed by atoms with Gasteiger partial charge in [0.1, 0.15) is 23.9 Å². The smallest absolute Gasteiger partial charge is 0.338 e. The Morgan fingerprint density at radius 2 is 2.00 bits per heavy atom. The zero-order chi connectivity index (χ0) is 25.7. The lowest BCUT2D eigenvalue weighted by atomic mass is 9.93. The molecule has 9 nitrogen and oxygen atoms in total. The molecule has 3 heterocycles. The first kappa shape index (κ1) is 25.2. The van der Waals surface area contributed by atoms with Crippen LogP contribution >= 0.6 is 11.8 Å². The lowest BCUT2D eigenvalue weighted by molar-refractivity contribution is -0.138. The minimum absolute atomic E-state index is 0.0625. The summed E-state index contributed by atoms with van der Waals surface area (Å²) in [5.41, 5.74) is 2.32. The third kappa shape index (κ3) is 5.33. The van der Waals surface area contributed by atoms with Crippen molar-refractivity contribution in [3.63, 3.8) is 0 Å². The molecule has 0 spiro atoms. The Morgan fingerprint density at radius 1 is 1.25 bits per heavy atom. The number of allylic oxidation sites excluding steroid dienone is 1. The second-order valence-corrected chi connectivity index (χ2v) is 8.80. The van der Waals surface area contributed by atoms with Crippen LogP contribution < -0.4 is 14.8 Å². The van der Waals surface area contributed by atoms with Crippen molar-refractivity contribution in [2.24, 2.45) is 4.99 Å². The Balaban J connectivity index is 1.69. The van der Waals surface area contributed by atoms with E-state index in [-0.39, 0.29) is 25.5 Å². The molecule has 0 bridgehead atoms. The highest BCUT2D eigenvalue weighted by Gasteiger charge is 2.41. The molecular formula is C26H27N3O6S. The summed E-state index contributed by atoms with van der Waals surface area (Å²) in [5.74, 6) is 1.09. The van der Waals surface area contributed by atoms with E-state index < -0.39 is 12.0 Å². The predicted octanol–water partition coefficient (Wildman–Crippen LogP) is 4.31. The maximum atomic E-state index is 13.2. The molecule has 1 aromatic carbocycles. The van der Waals surface area contributed by atoms with Crippen molar-refractivity contribution < 1.29 is 28.2 Å². The molecule has 1 atom stereocenters. The predicted molar refractivity (Wildman–Crippen MR) is 136 cm³/mol. The highest BCUT2D eigenvalue weighted by molar-refractivity contribution is 8.16. The first-order chi connectivity index (χ1) is 17.4. The number of nitrogens with one attached hydrogen (secondary N) is 1. The number of carbonyl (C=O) groups is 2. The van der Waals surface area contributed by atoms with E-state index in [2.05, 4.69) is 16.9 Å². The summed E-state index contributed by atoms with van der Waals surface area (Å²) in [6.07, 6.45) is 3.15. The van der Waals surface area contributed by atoms with Gasteiger partial charge in [-0.25, -0.2) is 9.79 Å². The highest BCUT2D eigenvalue weighted by atomic mass is 32.2. The molecule has 0 fully saturated rings. The second kappa shape index (κ2) is 11.2. The molecule has 1 aromatic heterocycles. The molecule has 0 radical (unpaired) electrons. The number of nitrogens with zero attached hydrogens (tertiary/aromatic N) is 2. The standard InChI is InChI=1S/C26H27N3O6S/c1-5-8-35-25(31)23-16(2)28-26-29(24(23)17-10-20(32-3)13-21(11-17)33-4)18(15-36-26)12-22(30)27-14-19-7-6-9-34-19/h5-7,9-11,13,15,24H,1,8,12,14H2,2-4H3,(H,27,30)/t24-/m1/s1. The molecule has 10 heteroatoms. The third-order valence-electron chi connectivity index (χ3n) is 5.62. The van der Waals surface area contributed by atoms with Crippen molar-refractivity contribution in [2.75, 3.05) is 20.8 Å². The number of fused-ring (bicyclic) bond motifs is 1. The van der Waals surface area contributed by atoms with E-state index in [1.165, 1.54) is 17.8 Å². The van der Waals surface area contributed by atoms with Gasteiger partial charge in [0.15, 0.2) is 5.17 Å². The number of rotatable bonds is 10. The van der Waals surface area contributed by atoms with Gasteiger partial charge in [-0.3, -0.25) is 4.79 Å². The summed E-state index contributed by atoms with van der Waals surface area (Å²) in [7, 11) is 3.13. The van der Waals surface area contributed by atoms with Gasteiger partial charge in [0.25, 0.3) is 0 Å². The molecular weight excluding hydrogens is 482 g/mol. The second-order valence-electron chi connectivity index (χ2n) is 7.96. The van der Waals surface area contributed by atoms with Crippen molar-refractivity contribution in [1.82, 2.24) is 10.2 Å². The minimum atomic E-state index is -0.613. The topological polar surface area (TPSA) is 103 Å². The van der Waals surface area contributed by atoms with Crippen molar-refractivity contribution >= 4 is 28.8 Å². The van der Waals surface area contributed by atoms with E-state index in [1.807, 2.05) is 22.4 Å². The number of esters is 1. The van der Waals surface area contributed by atoms with Crippen LogP contribution in [0.15, 0.2) is 81.0 Å². The van der Waals surface area contributed by atoms with E-state index in [0.29, 0.717) is 39.4 Å². The lowest BCUT2D eigenvalue weighted by Crippen LogP contribution is -2.38. The Morgan fingerprint density at radius 3 is 2.64 bits per heavy atom. The number of carbonyl (C=O) groups excluding carboxylic acids is 2. The largest absolute Gasteiger partial charge is 0.497 e. The van der Waals surface area contributed by atoms with Crippen LogP contribution in [0.3, 0.4) is 0 Å². The van der Waals surface area contributed by atoms with E-state index in [1.54, 1.807) is 45.6 Å². The number of amides is 1. The number of furan rings is 1. The van der Waals surface area contributed by atoms with Gasteiger partial charge in [0.2, 0.25) is 5.91 Å². The quantitative estimate of drug-likeness (QED) is 0.373. The molecule has 0 unspecified atom stereocenters. The Bertz CT molecular complexity index is 1230. The van der Waals surface area contributed by atoms with Gasteiger partial charge in [0.05, 0.1) is 50.8 Å². The monoisotopic (exact) mass is 509 g/mol. The SMILES string of the molecule is C=CCOC(=O)C1=C(C)N=C2SC=C(CC(=O)NCc3ccco3)N2[C@@H]1c1cc(OC)cc(OC)c1. The first-order valence-corrected chi connectivity index (χ1v) is 12.1. The maximum Gasteiger partial charge on any atom is 0.338 e. The molecule has 4 rings (SSSR count). The molecule has 0 saturated heterocycles. The number of ether oxygens (including phenoxy) is 3. The molecule has 36 heavy (non-hydrogen) atoms. The summed E-state index contributed by atoms with van der Waals surface area (Å²) in [6.45, 7) is 5.74. The van der Waals surface area contributed by atoms with Crippen LogP contribution in [-0.4, -0.2) is 42.8 Å². The van der Waals surface area contributed by atoms with Gasteiger partial charge in [-0.2, -0.15) is 0 Å². The first-order valence-electron chi connectivity index (χ1n) is 11.2. The fraction of sp³-hybridized carbons (Fsp3) is 0.269. The zero-order valence-electron chi connectivity index (χ0n) is 20.3. The molecule has 1 amide bonds. The number of aliphatic imine (C=N–C) groups is 1. The van der Waals surface area contributed by atoms with Gasteiger partial charge < -0.3 is 28.8 Å². The number of methoxy groups -OCH3 is 2. The minimum Gasteiger partial charge on any atom is -0.497 e. The fourth-order valence-corrected chi connectivity index (χ4v) is 4.94. The Kier molecular flexibility index (Phi) is 7.84. The van der Waals surface area contributed by atoms with E-state index in [4.69, 9.17) is 18.6 Å². The molecule has 2 aliphatic rings. The molecule has 2 aliphatic heterocycles. The van der Waals surface area contributed by atoms with Crippen molar-refractivity contribution in [2.45, 2.75) is 25.9 Å². The van der Waals surface area contributed by atoms with Crippen molar-refractivity contribution in [3.8, 4) is 11.5 Å². The van der Waals surface area contributed by atoms with Crippen LogP contribution in [0.5, 0.6) is 11.5 Å². The molecule has 0 saturated carbocycles. The van der Waals surface area contributed by atoms with Crippen molar-refractivity contribution in [1.29, 1.82) is 0 Å². The van der Waals surface area contributed by atoms with Gasteiger partial charge in [-0.05, 0) is 42.2 Å². The number of thioether (sulfide) groups is 1. The molecule has 0 aliphatic carbocycles. The van der Waals surface area contributed by atoms with Crippen LogP contribution in [0.1, 0.15) is 30.7 Å². The fourth-order valence-electron chi connectivity index (χ4n) is 3.97. The number of hydrogen-bond acceptors (Lipinski definition) is 9. The summed E-state index contributed by atoms with van der Waals surface area (Å²) in [4.78, 5) is 32.6. The van der Waals surface area contributed by atoms with Gasteiger partial charge in [0, 0.05) is 11.8 Å². The number of hydrogen-bond donors (Lipinski definition) is 1. The Labute approximate surface area is 213 Å². The zero-order valence-corrected chi connectivity index (χ0v) is 21.1. The molecule has 1 N–H and O–H groups in total. The third-order valence-corrected chi connectivity index (χ3v) is 6.51. The van der Waals surface area contributed by atoms with Crippen LogP contribution in [0, 0.1) is 0 Å². The number of benzene rings is 1. The average molecular weight is 510 g/mol. The van der Waals surface area contributed by atoms with E-state index >= 15 is 0 Å². The Hall–Kier alpha value is -3.92. The molecule has 2 aromatic rings. The summed E-state index contributed by atoms with van der Waals surface area (Å²) in [6, 6.07) is 8.37. The van der Waals surface area contributed by atoms with Gasteiger partial charge in [-0.15, -0.1) is 0 Å². The van der Waals surface area contributed by atoms with Gasteiger partial charge >= 0.3 is 5.97 Å². The van der Waals surface area contributed by atoms with Crippen LogP contribution in [0.4, 0.5) is 0 Å². The van der Waals surface area contributed by atoms with Crippen LogP contribution in [0.25, 0.3) is 0 Å². The van der Waals surface area contributed by atoms with E-state index in [0.717, 1.165) is 5.56 Å². The average Bonchev–Trinajstić information content (AvgIpc) is 3.55. The van der Waals surface area contributed by atoms with Gasteiger partial charge in [-0.1, -0.05) is 24.4 Å². The van der Waals surface area contributed by atoms with E-state index in [9.17, 15) is 9.59 Å². The summed E-state index contributed by atoms with van der Waals surface area (Å²) >= 11 is 1.40.